The predicted molar refractivity (Wildman–Crippen MR) is 54.6 cm³/mol. The molecule has 1 atom stereocenters. The number of aromatic nitrogens is 2. The van der Waals surface area contributed by atoms with Crippen molar-refractivity contribution in [1.82, 2.24) is 9.78 Å². The topological polar surface area (TPSA) is 43.8 Å². The minimum absolute atomic E-state index is 0.0694. The lowest BCUT2D eigenvalue weighted by Crippen LogP contribution is -2.12. The van der Waals surface area contributed by atoms with Crippen LogP contribution in [0.1, 0.15) is 51.0 Å². The molecule has 0 aliphatic carbocycles. The molecule has 2 N–H and O–H groups in total. The van der Waals surface area contributed by atoms with Crippen LogP contribution in [0.5, 0.6) is 0 Å². The molecule has 3 nitrogen and oxygen atoms in total. The Morgan fingerprint density at radius 3 is 2.38 bits per heavy atom. The average molecular weight is 181 g/mol. The van der Waals surface area contributed by atoms with Crippen LogP contribution in [-0.2, 0) is 6.54 Å². The van der Waals surface area contributed by atoms with Crippen molar-refractivity contribution in [2.75, 3.05) is 0 Å². The van der Waals surface area contributed by atoms with Crippen LogP contribution in [0.2, 0.25) is 0 Å². The molecule has 1 heterocycles. The molecule has 1 aromatic heterocycles. The average Bonchev–Trinajstić information content (AvgIpc) is 2.47. The molecule has 0 unspecified atom stereocenters. The van der Waals surface area contributed by atoms with Crippen LogP contribution in [0.3, 0.4) is 0 Å². The van der Waals surface area contributed by atoms with Gasteiger partial charge in [-0.1, -0.05) is 13.8 Å². The summed E-state index contributed by atoms with van der Waals surface area (Å²) in [6.07, 6.45) is 0. The zero-order valence-corrected chi connectivity index (χ0v) is 8.91. The molecule has 0 fully saturated rings. The second-order valence-electron chi connectivity index (χ2n) is 3.75. The van der Waals surface area contributed by atoms with E-state index in [1.165, 1.54) is 0 Å². The standard InChI is InChI=1S/C10H19N3/c1-5-13-10(8(4)11)6-9(12-13)7(2)3/h6-8H,5,11H2,1-4H3/t8-/m1/s1. The SMILES string of the molecule is CCn1nc(C(C)C)cc1[C@@H](C)N. The second-order valence-corrected chi connectivity index (χ2v) is 3.75. The summed E-state index contributed by atoms with van der Waals surface area (Å²) >= 11 is 0. The molecule has 1 rings (SSSR count). The van der Waals surface area contributed by atoms with Gasteiger partial charge in [-0.3, -0.25) is 4.68 Å². The maximum absolute atomic E-state index is 5.84. The molecule has 0 aliphatic heterocycles. The second kappa shape index (κ2) is 3.92. The minimum Gasteiger partial charge on any atom is -0.323 e. The van der Waals surface area contributed by atoms with Crippen LogP contribution in [0.4, 0.5) is 0 Å². The number of hydrogen-bond donors (Lipinski definition) is 1. The Morgan fingerprint density at radius 1 is 1.46 bits per heavy atom. The van der Waals surface area contributed by atoms with Gasteiger partial charge in [0.2, 0.25) is 0 Å². The highest BCUT2D eigenvalue weighted by atomic mass is 15.3. The van der Waals surface area contributed by atoms with Crippen LogP contribution >= 0.6 is 0 Å². The van der Waals surface area contributed by atoms with Crippen molar-refractivity contribution in [3.63, 3.8) is 0 Å². The predicted octanol–water partition coefficient (Wildman–Crippen LogP) is 2.05. The molecule has 0 aliphatic rings. The van der Waals surface area contributed by atoms with Gasteiger partial charge in [0.15, 0.2) is 0 Å². The maximum atomic E-state index is 5.84. The van der Waals surface area contributed by atoms with E-state index in [0.717, 1.165) is 17.9 Å². The first-order valence-corrected chi connectivity index (χ1v) is 4.89. The first-order valence-electron chi connectivity index (χ1n) is 4.89. The first-order chi connectivity index (χ1) is 6.06. The van der Waals surface area contributed by atoms with Crippen LogP contribution in [0.25, 0.3) is 0 Å². The minimum atomic E-state index is 0.0694. The molecular weight excluding hydrogens is 162 g/mol. The first kappa shape index (κ1) is 10.3. The van der Waals surface area contributed by atoms with E-state index in [1.807, 2.05) is 11.6 Å². The summed E-state index contributed by atoms with van der Waals surface area (Å²) in [6, 6.07) is 2.18. The molecule has 1 aromatic rings. The lowest BCUT2D eigenvalue weighted by molar-refractivity contribution is 0.580. The summed E-state index contributed by atoms with van der Waals surface area (Å²) in [5, 5.41) is 4.49. The molecule has 74 valence electrons. The van der Waals surface area contributed by atoms with Gasteiger partial charge < -0.3 is 5.73 Å². The highest BCUT2D eigenvalue weighted by molar-refractivity contribution is 5.15. The molecule has 13 heavy (non-hydrogen) atoms. The number of rotatable bonds is 3. The van der Waals surface area contributed by atoms with E-state index in [9.17, 15) is 0 Å². The van der Waals surface area contributed by atoms with Crippen molar-refractivity contribution < 1.29 is 0 Å². The van der Waals surface area contributed by atoms with Crippen molar-refractivity contribution in [1.29, 1.82) is 0 Å². The fourth-order valence-corrected chi connectivity index (χ4v) is 1.35. The summed E-state index contributed by atoms with van der Waals surface area (Å²) in [7, 11) is 0. The van der Waals surface area contributed by atoms with Crippen molar-refractivity contribution in [2.24, 2.45) is 5.73 Å². The van der Waals surface area contributed by atoms with E-state index in [2.05, 4.69) is 31.9 Å². The molecule has 0 spiro atoms. The van der Waals surface area contributed by atoms with E-state index in [0.29, 0.717) is 5.92 Å². The molecular formula is C10H19N3. The van der Waals surface area contributed by atoms with Gasteiger partial charge in [-0.15, -0.1) is 0 Å². The monoisotopic (exact) mass is 181 g/mol. The van der Waals surface area contributed by atoms with Crippen LogP contribution in [0, 0.1) is 0 Å². The van der Waals surface area contributed by atoms with Gasteiger partial charge in [-0.25, -0.2) is 0 Å². The Balaban J connectivity index is 3.04. The fraction of sp³-hybridized carbons (Fsp3) is 0.700. The van der Waals surface area contributed by atoms with Crippen LogP contribution in [0.15, 0.2) is 6.07 Å². The normalized spacial score (nSPS) is 13.7. The summed E-state index contributed by atoms with van der Waals surface area (Å²) in [5.74, 6) is 0.477. The van der Waals surface area contributed by atoms with Gasteiger partial charge in [-0.05, 0) is 25.8 Å². The molecule has 0 aromatic carbocycles. The molecule has 0 amide bonds. The van der Waals surface area contributed by atoms with Crippen molar-refractivity contribution in [2.45, 2.75) is 46.2 Å². The third-order valence-electron chi connectivity index (χ3n) is 2.19. The fourth-order valence-electron chi connectivity index (χ4n) is 1.35. The Labute approximate surface area is 79.9 Å². The van der Waals surface area contributed by atoms with E-state index in [4.69, 9.17) is 5.73 Å². The largest absolute Gasteiger partial charge is 0.323 e. The van der Waals surface area contributed by atoms with Gasteiger partial charge in [-0.2, -0.15) is 5.10 Å². The smallest absolute Gasteiger partial charge is 0.0653 e. The highest BCUT2D eigenvalue weighted by Crippen LogP contribution is 2.17. The molecule has 0 saturated heterocycles. The van der Waals surface area contributed by atoms with Gasteiger partial charge in [0.05, 0.1) is 11.4 Å². The van der Waals surface area contributed by atoms with E-state index in [-0.39, 0.29) is 6.04 Å². The number of aryl methyl sites for hydroxylation is 1. The summed E-state index contributed by atoms with van der Waals surface area (Å²) < 4.78 is 1.99. The molecule has 0 radical (unpaired) electrons. The van der Waals surface area contributed by atoms with Gasteiger partial charge in [0.25, 0.3) is 0 Å². The molecule has 0 bridgehead atoms. The number of nitrogens with zero attached hydrogens (tertiary/aromatic N) is 2. The van der Waals surface area contributed by atoms with Gasteiger partial charge in [0, 0.05) is 12.6 Å². The van der Waals surface area contributed by atoms with E-state index in [1.54, 1.807) is 0 Å². The van der Waals surface area contributed by atoms with Crippen LogP contribution < -0.4 is 5.73 Å². The lowest BCUT2D eigenvalue weighted by atomic mass is 10.1. The molecule has 0 saturated carbocycles. The van der Waals surface area contributed by atoms with E-state index < -0.39 is 0 Å². The lowest BCUT2D eigenvalue weighted by Gasteiger charge is -2.06. The number of hydrogen-bond acceptors (Lipinski definition) is 2. The third kappa shape index (κ3) is 2.10. The van der Waals surface area contributed by atoms with Crippen molar-refractivity contribution >= 4 is 0 Å². The quantitative estimate of drug-likeness (QED) is 0.775. The Hall–Kier alpha value is -0.830. The third-order valence-corrected chi connectivity index (χ3v) is 2.19. The summed E-state index contributed by atoms with van der Waals surface area (Å²) in [6.45, 7) is 9.26. The summed E-state index contributed by atoms with van der Waals surface area (Å²) in [5.41, 5.74) is 8.11. The Bertz CT molecular complexity index is 274. The van der Waals surface area contributed by atoms with Crippen molar-refractivity contribution in [3.05, 3.63) is 17.5 Å². The highest BCUT2D eigenvalue weighted by Gasteiger charge is 2.11. The Morgan fingerprint density at radius 2 is 2.08 bits per heavy atom. The molecule has 3 heteroatoms. The van der Waals surface area contributed by atoms with E-state index >= 15 is 0 Å². The zero-order valence-electron chi connectivity index (χ0n) is 8.91. The number of nitrogens with two attached hydrogens (primary N) is 1. The van der Waals surface area contributed by atoms with Gasteiger partial charge in [0.1, 0.15) is 0 Å². The van der Waals surface area contributed by atoms with Gasteiger partial charge >= 0.3 is 0 Å². The summed E-state index contributed by atoms with van der Waals surface area (Å²) in [4.78, 5) is 0. The van der Waals surface area contributed by atoms with Crippen LogP contribution in [-0.4, -0.2) is 9.78 Å². The van der Waals surface area contributed by atoms with Crippen molar-refractivity contribution in [3.8, 4) is 0 Å². The Kier molecular flexibility index (Phi) is 3.09. The zero-order chi connectivity index (χ0) is 10.0. The maximum Gasteiger partial charge on any atom is 0.0653 e.